The number of H-pyrrole nitrogens is 1. The number of amides is 1. The van der Waals surface area contributed by atoms with Gasteiger partial charge in [0.05, 0.1) is 12.5 Å². The molecule has 0 aliphatic heterocycles. The summed E-state index contributed by atoms with van der Waals surface area (Å²) in [7, 11) is 0. The van der Waals surface area contributed by atoms with Crippen molar-refractivity contribution < 1.29 is 9.18 Å². The van der Waals surface area contributed by atoms with Crippen molar-refractivity contribution in [3.05, 3.63) is 69.4 Å². The van der Waals surface area contributed by atoms with Crippen molar-refractivity contribution >= 4 is 5.91 Å². The second-order valence-electron chi connectivity index (χ2n) is 5.58. The second kappa shape index (κ2) is 6.13. The third kappa shape index (κ3) is 3.24. The minimum absolute atomic E-state index is 0.0957. The van der Waals surface area contributed by atoms with Crippen LogP contribution in [0.15, 0.2) is 41.2 Å². The Morgan fingerprint density at radius 2 is 2.18 bits per heavy atom. The van der Waals surface area contributed by atoms with Crippen LogP contribution >= 0.6 is 0 Å². The van der Waals surface area contributed by atoms with E-state index >= 15 is 0 Å². The molecule has 0 saturated heterocycles. The van der Waals surface area contributed by atoms with Gasteiger partial charge in [0.15, 0.2) is 0 Å². The van der Waals surface area contributed by atoms with Crippen LogP contribution in [0.2, 0.25) is 0 Å². The topological polar surface area (TPSA) is 62.0 Å². The molecule has 0 fully saturated rings. The second-order valence-corrected chi connectivity index (χ2v) is 5.58. The minimum atomic E-state index is -0.342. The summed E-state index contributed by atoms with van der Waals surface area (Å²) in [5.41, 5.74) is 2.40. The van der Waals surface area contributed by atoms with Gasteiger partial charge in [0.1, 0.15) is 5.82 Å². The van der Waals surface area contributed by atoms with E-state index in [-0.39, 0.29) is 29.7 Å². The molecule has 1 amide bonds. The number of halogens is 1. The van der Waals surface area contributed by atoms with Gasteiger partial charge in [0, 0.05) is 11.8 Å². The third-order valence-electron chi connectivity index (χ3n) is 3.92. The lowest BCUT2D eigenvalue weighted by atomic mass is 9.91. The number of pyridine rings is 1. The summed E-state index contributed by atoms with van der Waals surface area (Å²) in [6.45, 7) is 0. The molecule has 1 atom stereocenters. The van der Waals surface area contributed by atoms with Crippen molar-refractivity contribution in [3.8, 4) is 0 Å². The summed E-state index contributed by atoms with van der Waals surface area (Å²) in [4.78, 5) is 26.4. The molecule has 22 heavy (non-hydrogen) atoms. The molecule has 1 aliphatic rings. The van der Waals surface area contributed by atoms with Crippen molar-refractivity contribution in [1.29, 1.82) is 0 Å². The summed E-state index contributed by atoms with van der Waals surface area (Å²) < 4.78 is 13.1. The largest absolute Gasteiger partial charge is 0.349 e. The summed E-state index contributed by atoms with van der Waals surface area (Å²) in [6.07, 6.45) is 2.72. The Labute approximate surface area is 127 Å². The molecule has 1 aromatic heterocycles. The number of nitrogens with one attached hydrogen (secondary N) is 2. The van der Waals surface area contributed by atoms with Gasteiger partial charge in [-0.3, -0.25) is 9.59 Å². The lowest BCUT2D eigenvalue weighted by molar-refractivity contribution is -0.121. The maximum atomic E-state index is 13.1. The lowest BCUT2D eigenvalue weighted by Crippen LogP contribution is -2.33. The Hall–Kier alpha value is -2.43. The van der Waals surface area contributed by atoms with E-state index in [2.05, 4.69) is 10.3 Å². The highest BCUT2D eigenvalue weighted by Crippen LogP contribution is 2.27. The first-order chi connectivity index (χ1) is 10.6. The SMILES string of the molecule is O=C(Cc1cccc(F)c1)N[C@H]1CCCc2[nH]c(=O)ccc21. The summed E-state index contributed by atoms with van der Waals surface area (Å²) in [6, 6.07) is 9.21. The van der Waals surface area contributed by atoms with E-state index in [1.165, 1.54) is 18.2 Å². The van der Waals surface area contributed by atoms with Crippen LogP contribution in [0.25, 0.3) is 0 Å². The van der Waals surface area contributed by atoms with E-state index in [1.54, 1.807) is 18.2 Å². The molecule has 0 radical (unpaired) electrons. The standard InChI is InChI=1S/C17H17FN2O2/c18-12-4-1-3-11(9-12)10-17(22)20-15-6-2-5-14-13(15)7-8-16(21)19-14/h1,3-4,7-9,15H,2,5-6,10H2,(H,19,21)(H,20,22)/t15-/m0/s1. The van der Waals surface area contributed by atoms with Crippen molar-refractivity contribution in [3.63, 3.8) is 0 Å². The molecule has 2 N–H and O–H groups in total. The number of benzene rings is 1. The van der Waals surface area contributed by atoms with Gasteiger partial charge in [-0.2, -0.15) is 0 Å². The predicted octanol–water partition coefficient (Wildman–Crippen LogP) is 2.25. The van der Waals surface area contributed by atoms with Gasteiger partial charge in [-0.25, -0.2) is 4.39 Å². The normalized spacial score (nSPS) is 16.9. The predicted molar refractivity (Wildman–Crippen MR) is 81.0 cm³/mol. The highest BCUT2D eigenvalue weighted by molar-refractivity contribution is 5.79. The Bertz CT molecular complexity index is 754. The van der Waals surface area contributed by atoms with Gasteiger partial charge >= 0.3 is 0 Å². The number of carbonyl (C=O) groups excluding carboxylic acids is 1. The minimum Gasteiger partial charge on any atom is -0.349 e. The van der Waals surface area contributed by atoms with Gasteiger partial charge in [-0.15, -0.1) is 0 Å². The zero-order chi connectivity index (χ0) is 15.5. The molecule has 1 aromatic carbocycles. The van der Waals surface area contributed by atoms with E-state index in [0.29, 0.717) is 5.56 Å². The van der Waals surface area contributed by atoms with Crippen LogP contribution in [-0.2, 0) is 17.6 Å². The van der Waals surface area contributed by atoms with Gasteiger partial charge in [0.25, 0.3) is 0 Å². The average molecular weight is 300 g/mol. The maximum absolute atomic E-state index is 13.1. The van der Waals surface area contributed by atoms with Gasteiger partial charge in [-0.05, 0) is 48.6 Å². The molecule has 1 aliphatic carbocycles. The van der Waals surface area contributed by atoms with Crippen molar-refractivity contribution in [2.75, 3.05) is 0 Å². The smallest absolute Gasteiger partial charge is 0.248 e. The van der Waals surface area contributed by atoms with E-state index in [0.717, 1.165) is 30.5 Å². The fourth-order valence-corrected chi connectivity index (χ4v) is 2.93. The average Bonchev–Trinajstić information content (AvgIpc) is 2.47. The molecule has 3 rings (SSSR count). The first-order valence-corrected chi connectivity index (χ1v) is 7.38. The highest BCUT2D eigenvalue weighted by Gasteiger charge is 2.22. The molecule has 1 heterocycles. The van der Waals surface area contributed by atoms with Crippen LogP contribution in [0.5, 0.6) is 0 Å². The Morgan fingerprint density at radius 3 is 3.00 bits per heavy atom. The first kappa shape index (κ1) is 14.5. The van der Waals surface area contributed by atoms with Gasteiger partial charge in [0.2, 0.25) is 11.5 Å². The molecule has 0 spiro atoms. The van der Waals surface area contributed by atoms with E-state index in [9.17, 15) is 14.0 Å². The first-order valence-electron chi connectivity index (χ1n) is 7.38. The zero-order valence-corrected chi connectivity index (χ0v) is 12.1. The molecule has 0 unspecified atom stereocenters. The van der Waals surface area contributed by atoms with Crippen LogP contribution in [-0.4, -0.2) is 10.9 Å². The van der Waals surface area contributed by atoms with Crippen molar-refractivity contribution in [2.45, 2.75) is 31.7 Å². The fraction of sp³-hybridized carbons (Fsp3) is 0.294. The number of aromatic nitrogens is 1. The summed E-state index contributed by atoms with van der Waals surface area (Å²) >= 11 is 0. The summed E-state index contributed by atoms with van der Waals surface area (Å²) in [5.74, 6) is -0.486. The number of aryl methyl sites for hydroxylation is 1. The van der Waals surface area contributed by atoms with Crippen LogP contribution in [0.4, 0.5) is 4.39 Å². The third-order valence-corrected chi connectivity index (χ3v) is 3.92. The maximum Gasteiger partial charge on any atom is 0.248 e. The number of hydrogen-bond donors (Lipinski definition) is 2. The van der Waals surface area contributed by atoms with Crippen LogP contribution < -0.4 is 10.9 Å². The molecule has 0 saturated carbocycles. The lowest BCUT2D eigenvalue weighted by Gasteiger charge is -2.25. The van der Waals surface area contributed by atoms with E-state index in [4.69, 9.17) is 0 Å². The molecule has 0 bridgehead atoms. The van der Waals surface area contributed by atoms with Crippen LogP contribution in [0.1, 0.15) is 35.7 Å². The summed E-state index contributed by atoms with van der Waals surface area (Å²) in [5, 5.41) is 2.98. The highest BCUT2D eigenvalue weighted by atomic mass is 19.1. The Morgan fingerprint density at radius 1 is 1.32 bits per heavy atom. The molecular formula is C17H17FN2O2. The fourth-order valence-electron chi connectivity index (χ4n) is 2.93. The quantitative estimate of drug-likeness (QED) is 0.913. The van der Waals surface area contributed by atoms with E-state index in [1.807, 2.05) is 0 Å². The molecule has 4 nitrogen and oxygen atoms in total. The molecule has 114 valence electrons. The number of hydrogen-bond acceptors (Lipinski definition) is 2. The zero-order valence-electron chi connectivity index (χ0n) is 12.1. The Balaban J connectivity index is 1.71. The van der Waals surface area contributed by atoms with Crippen LogP contribution in [0.3, 0.4) is 0 Å². The van der Waals surface area contributed by atoms with Crippen molar-refractivity contribution in [2.24, 2.45) is 0 Å². The monoisotopic (exact) mass is 300 g/mol. The number of fused-ring (bicyclic) bond motifs is 1. The van der Waals surface area contributed by atoms with Crippen LogP contribution in [0, 0.1) is 5.82 Å². The number of rotatable bonds is 3. The number of aromatic amines is 1. The van der Waals surface area contributed by atoms with Gasteiger partial charge < -0.3 is 10.3 Å². The molecular weight excluding hydrogens is 283 g/mol. The van der Waals surface area contributed by atoms with E-state index < -0.39 is 0 Å². The number of carbonyl (C=O) groups is 1. The van der Waals surface area contributed by atoms with Crippen molar-refractivity contribution in [1.82, 2.24) is 10.3 Å². The molecule has 2 aromatic rings. The Kier molecular flexibility index (Phi) is 4.04. The van der Waals surface area contributed by atoms with Gasteiger partial charge in [-0.1, -0.05) is 12.1 Å². The molecule has 5 heteroatoms.